The molecule has 0 atom stereocenters. The smallest absolute Gasteiger partial charge is 0.276 e. The van der Waals surface area contributed by atoms with Crippen molar-refractivity contribution in [2.45, 2.75) is 6.54 Å². The molecule has 0 spiro atoms. The molecular formula is C18H17ClN4O4. The van der Waals surface area contributed by atoms with Crippen LogP contribution in [0, 0.1) is 0 Å². The fourth-order valence-corrected chi connectivity index (χ4v) is 2.51. The van der Waals surface area contributed by atoms with Crippen LogP contribution in [0.1, 0.15) is 16.2 Å². The lowest BCUT2D eigenvalue weighted by Gasteiger charge is -2.13. The van der Waals surface area contributed by atoms with Gasteiger partial charge in [-0.25, -0.2) is 0 Å². The van der Waals surface area contributed by atoms with Crippen molar-refractivity contribution in [3.8, 4) is 11.5 Å². The van der Waals surface area contributed by atoms with Crippen LogP contribution < -0.4 is 20.1 Å². The predicted molar refractivity (Wildman–Crippen MR) is 101 cm³/mol. The average Bonchev–Trinajstić information content (AvgIpc) is 3.21. The van der Waals surface area contributed by atoms with Crippen LogP contribution in [0.3, 0.4) is 0 Å². The second kappa shape index (κ2) is 8.41. The minimum Gasteiger partial charge on any atom is -0.495 e. The highest BCUT2D eigenvalue weighted by molar-refractivity contribution is 6.32. The standard InChI is InChI=1S/C18H17ClN4O4/c1-25-15-9-14(16(26-2)8-12(15)19)21-18(24)13-5-6-17(23-22-13)20-10-11-4-3-7-27-11/h3-9H,10H2,1-2H3,(H,20,23)(H,21,24). The van der Waals surface area contributed by atoms with Crippen LogP contribution in [0.2, 0.25) is 5.02 Å². The molecule has 27 heavy (non-hydrogen) atoms. The van der Waals surface area contributed by atoms with E-state index in [1.54, 1.807) is 36.6 Å². The number of carbonyl (C=O) groups is 1. The van der Waals surface area contributed by atoms with E-state index in [2.05, 4.69) is 20.8 Å². The molecule has 0 radical (unpaired) electrons. The fourth-order valence-electron chi connectivity index (χ4n) is 2.28. The number of furan rings is 1. The Morgan fingerprint density at radius 1 is 1.15 bits per heavy atom. The van der Waals surface area contributed by atoms with E-state index in [0.717, 1.165) is 5.76 Å². The number of halogens is 1. The number of methoxy groups -OCH3 is 2. The normalized spacial score (nSPS) is 10.3. The Labute approximate surface area is 160 Å². The van der Waals surface area contributed by atoms with Gasteiger partial charge in [-0.3, -0.25) is 4.79 Å². The maximum absolute atomic E-state index is 12.4. The molecular weight excluding hydrogens is 372 g/mol. The molecule has 0 unspecified atom stereocenters. The van der Waals surface area contributed by atoms with E-state index >= 15 is 0 Å². The SMILES string of the molecule is COc1cc(NC(=O)c2ccc(NCc3ccco3)nn2)c(OC)cc1Cl. The molecule has 0 fully saturated rings. The Morgan fingerprint density at radius 2 is 1.96 bits per heavy atom. The molecule has 0 aliphatic carbocycles. The van der Waals surface area contributed by atoms with Gasteiger partial charge in [0.1, 0.15) is 23.1 Å². The number of nitrogens with zero attached hydrogens (tertiary/aromatic N) is 2. The summed E-state index contributed by atoms with van der Waals surface area (Å²) in [6.45, 7) is 0.467. The zero-order valence-electron chi connectivity index (χ0n) is 14.7. The Morgan fingerprint density at radius 3 is 2.59 bits per heavy atom. The summed E-state index contributed by atoms with van der Waals surface area (Å²) >= 11 is 6.06. The lowest BCUT2D eigenvalue weighted by Crippen LogP contribution is -2.15. The third-order valence-corrected chi connectivity index (χ3v) is 3.94. The van der Waals surface area contributed by atoms with E-state index in [9.17, 15) is 4.79 Å². The van der Waals surface area contributed by atoms with Crippen molar-refractivity contribution in [3.05, 3.63) is 59.1 Å². The summed E-state index contributed by atoms with van der Waals surface area (Å²) in [5.41, 5.74) is 0.556. The molecule has 0 aliphatic heterocycles. The topological polar surface area (TPSA) is 98.5 Å². The second-order valence-electron chi connectivity index (χ2n) is 5.38. The minimum absolute atomic E-state index is 0.148. The van der Waals surface area contributed by atoms with Crippen LogP contribution in [-0.4, -0.2) is 30.3 Å². The van der Waals surface area contributed by atoms with Gasteiger partial charge in [-0.2, -0.15) is 0 Å². The quantitative estimate of drug-likeness (QED) is 0.637. The van der Waals surface area contributed by atoms with Gasteiger partial charge in [0.15, 0.2) is 5.69 Å². The molecule has 140 valence electrons. The lowest BCUT2D eigenvalue weighted by molar-refractivity contribution is 0.102. The number of amides is 1. The molecule has 0 saturated heterocycles. The first kappa shape index (κ1) is 18.5. The van der Waals surface area contributed by atoms with Gasteiger partial charge >= 0.3 is 0 Å². The van der Waals surface area contributed by atoms with Crippen LogP contribution in [0.4, 0.5) is 11.5 Å². The average molecular weight is 389 g/mol. The maximum Gasteiger partial charge on any atom is 0.276 e. The van der Waals surface area contributed by atoms with E-state index < -0.39 is 5.91 Å². The molecule has 2 heterocycles. The maximum atomic E-state index is 12.4. The molecule has 2 N–H and O–H groups in total. The Bertz CT molecular complexity index is 914. The van der Waals surface area contributed by atoms with E-state index in [0.29, 0.717) is 34.6 Å². The highest BCUT2D eigenvalue weighted by Gasteiger charge is 2.15. The van der Waals surface area contributed by atoms with Crippen LogP contribution in [0.5, 0.6) is 11.5 Å². The van der Waals surface area contributed by atoms with Gasteiger partial charge in [0.25, 0.3) is 5.91 Å². The summed E-state index contributed by atoms with van der Waals surface area (Å²) in [5, 5.41) is 14.1. The van der Waals surface area contributed by atoms with Crippen LogP contribution in [-0.2, 0) is 6.54 Å². The lowest BCUT2D eigenvalue weighted by atomic mass is 10.2. The summed E-state index contributed by atoms with van der Waals surface area (Å²) < 4.78 is 15.6. The van der Waals surface area contributed by atoms with Crippen LogP contribution in [0.25, 0.3) is 0 Å². The molecule has 1 aromatic carbocycles. The first-order valence-electron chi connectivity index (χ1n) is 7.93. The van der Waals surface area contributed by atoms with E-state index in [4.69, 9.17) is 25.5 Å². The van der Waals surface area contributed by atoms with Crippen LogP contribution >= 0.6 is 11.6 Å². The van der Waals surface area contributed by atoms with Gasteiger partial charge < -0.3 is 24.5 Å². The zero-order valence-corrected chi connectivity index (χ0v) is 15.4. The molecule has 0 bridgehead atoms. The second-order valence-corrected chi connectivity index (χ2v) is 5.79. The third kappa shape index (κ3) is 4.48. The summed E-state index contributed by atoms with van der Waals surface area (Å²) in [6, 6.07) is 10.00. The molecule has 8 nitrogen and oxygen atoms in total. The molecule has 0 aliphatic rings. The van der Waals surface area contributed by atoms with Gasteiger partial charge in [0, 0.05) is 12.1 Å². The Hall–Kier alpha value is -3.26. The van der Waals surface area contributed by atoms with Gasteiger partial charge in [-0.05, 0) is 24.3 Å². The van der Waals surface area contributed by atoms with Crippen molar-refractivity contribution >= 4 is 29.0 Å². The molecule has 0 saturated carbocycles. The third-order valence-electron chi connectivity index (χ3n) is 3.64. The molecule has 1 amide bonds. The van der Waals surface area contributed by atoms with Gasteiger partial charge in [-0.1, -0.05) is 11.6 Å². The Kier molecular flexibility index (Phi) is 5.77. The van der Waals surface area contributed by atoms with E-state index in [1.807, 2.05) is 6.07 Å². The largest absolute Gasteiger partial charge is 0.495 e. The molecule has 3 rings (SSSR count). The van der Waals surface area contributed by atoms with Crippen LogP contribution in [0.15, 0.2) is 47.1 Å². The van der Waals surface area contributed by atoms with E-state index in [1.165, 1.54) is 14.2 Å². The van der Waals surface area contributed by atoms with Gasteiger partial charge in [-0.15, -0.1) is 10.2 Å². The van der Waals surface area contributed by atoms with Gasteiger partial charge in [0.2, 0.25) is 0 Å². The van der Waals surface area contributed by atoms with Crippen molar-refractivity contribution in [2.24, 2.45) is 0 Å². The number of anilines is 2. The first-order chi connectivity index (χ1) is 13.1. The van der Waals surface area contributed by atoms with Crippen molar-refractivity contribution in [3.63, 3.8) is 0 Å². The number of carbonyl (C=O) groups excluding carboxylic acids is 1. The number of hydrogen-bond donors (Lipinski definition) is 2. The highest BCUT2D eigenvalue weighted by Crippen LogP contribution is 2.36. The fraction of sp³-hybridized carbons (Fsp3) is 0.167. The summed E-state index contributed by atoms with van der Waals surface area (Å²) in [4.78, 5) is 12.4. The summed E-state index contributed by atoms with van der Waals surface area (Å²) in [6.07, 6.45) is 1.59. The van der Waals surface area contributed by atoms with Crippen molar-refractivity contribution < 1.29 is 18.7 Å². The monoisotopic (exact) mass is 388 g/mol. The first-order valence-corrected chi connectivity index (χ1v) is 8.31. The van der Waals surface area contributed by atoms with Gasteiger partial charge in [0.05, 0.1) is 37.7 Å². The number of ether oxygens (including phenoxy) is 2. The summed E-state index contributed by atoms with van der Waals surface area (Å²) in [7, 11) is 2.96. The zero-order chi connectivity index (χ0) is 19.2. The highest BCUT2D eigenvalue weighted by atomic mass is 35.5. The molecule has 3 aromatic rings. The summed E-state index contributed by atoms with van der Waals surface area (Å²) in [5.74, 6) is 1.66. The number of nitrogens with one attached hydrogen (secondary N) is 2. The van der Waals surface area contributed by atoms with E-state index in [-0.39, 0.29) is 5.69 Å². The number of aromatic nitrogens is 2. The van der Waals surface area contributed by atoms with Crippen molar-refractivity contribution in [1.29, 1.82) is 0 Å². The number of rotatable bonds is 7. The van der Waals surface area contributed by atoms with Crippen molar-refractivity contribution in [2.75, 3.05) is 24.9 Å². The predicted octanol–water partition coefficient (Wildman–Crippen LogP) is 3.60. The van der Waals surface area contributed by atoms with Crippen molar-refractivity contribution in [1.82, 2.24) is 10.2 Å². The number of benzene rings is 1. The number of hydrogen-bond acceptors (Lipinski definition) is 7. The Balaban J connectivity index is 1.69. The molecule has 2 aromatic heterocycles. The minimum atomic E-state index is -0.442. The molecule has 9 heteroatoms.